The number of para-hydroxylation sites is 1. The predicted octanol–water partition coefficient (Wildman–Crippen LogP) is 2.99. The largest absolute Gasteiger partial charge is 0.491 e. The number of carbonyl (C=O) groups excluding carboxylic acids is 1. The molecule has 0 aliphatic carbocycles. The highest BCUT2D eigenvalue weighted by atomic mass is 19.4. The molecule has 0 bridgehead atoms. The topological polar surface area (TPSA) is 76.4 Å². The van der Waals surface area contributed by atoms with E-state index in [0.717, 1.165) is 17.8 Å². The van der Waals surface area contributed by atoms with Gasteiger partial charge in [-0.15, -0.1) is 0 Å². The van der Waals surface area contributed by atoms with Gasteiger partial charge in [-0.2, -0.15) is 18.3 Å². The smallest absolute Gasteiger partial charge is 0.416 e. The van der Waals surface area contributed by atoms with Gasteiger partial charge in [0, 0.05) is 12.7 Å². The van der Waals surface area contributed by atoms with E-state index in [1.54, 1.807) is 17.1 Å². The minimum Gasteiger partial charge on any atom is -0.491 e. The number of nitrogens with zero attached hydrogens (tertiary/aromatic N) is 2. The number of nitrogens with one attached hydrogen (secondary N) is 1. The summed E-state index contributed by atoms with van der Waals surface area (Å²) < 4.78 is 44.9. The molecule has 3 aromatic rings. The number of halogens is 3. The summed E-state index contributed by atoms with van der Waals surface area (Å²) in [6, 6.07) is 13.8. The molecule has 0 aliphatic heterocycles. The summed E-state index contributed by atoms with van der Waals surface area (Å²) in [6.45, 7) is -0.349. The number of hydrogen-bond acceptors (Lipinski definition) is 4. The van der Waals surface area contributed by atoms with Crippen LogP contribution >= 0.6 is 0 Å². The van der Waals surface area contributed by atoms with Crippen molar-refractivity contribution < 1.29 is 27.8 Å². The lowest BCUT2D eigenvalue weighted by Crippen LogP contribution is -2.36. The van der Waals surface area contributed by atoms with E-state index >= 15 is 0 Å². The molecule has 0 aliphatic rings. The zero-order chi connectivity index (χ0) is 21.6. The van der Waals surface area contributed by atoms with E-state index in [1.165, 1.54) is 12.1 Å². The third-order valence-electron chi connectivity index (χ3n) is 4.16. The second-order valence-corrected chi connectivity index (χ2v) is 6.60. The Balaban J connectivity index is 1.43. The van der Waals surface area contributed by atoms with Crippen LogP contribution in [0.3, 0.4) is 0 Å². The third kappa shape index (κ3) is 6.08. The van der Waals surface area contributed by atoms with Gasteiger partial charge in [0.1, 0.15) is 18.5 Å². The molecule has 1 unspecified atom stereocenters. The summed E-state index contributed by atoms with van der Waals surface area (Å²) in [5.74, 6) is -0.329. The van der Waals surface area contributed by atoms with Crippen molar-refractivity contribution in [1.82, 2.24) is 15.1 Å². The lowest BCUT2D eigenvalue weighted by atomic mass is 10.2. The molecule has 0 saturated carbocycles. The van der Waals surface area contributed by atoms with Crippen molar-refractivity contribution in [3.8, 4) is 11.4 Å². The van der Waals surface area contributed by atoms with Crippen LogP contribution in [0.2, 0.25) is 0 Å². The van der Waals surface area contributed by atoms with Gasteiger partial charge < -0.3 is 15.2 Å². The summed E-state index contributed by atoms with van der Waals surface area (Å²) in [6.07, 6.45) is -2.15. The van der Waals surface area contributed by atoms with E-state index in [9.17, 15) is 23.1 Å². The van der Waals surface area contributed by atoms with Crippen molar-refractivity contribution in [3.63, 3.8) is 0 Å². The molecule has 30 heavy (non-hydrogen) atoms. The van der Waals surface area contributed by atoms with E-state index in [1.807, 2.05) is 30.3 Å². The molecule has 1 atom stereocenters. The fourth-order valence-corrected chi connectivity index (χ4v) is 2.67. The van der Waals surface area contributed by atoms with Crippen molar-refractivity contribution in [2.24, 2.45) is 0 Å². The molecule has 0 fully saturated rings. The quantitative estimate of drug-likeness (QED) is 0.589. The Morgan fingerprint density at radius 3 is 2.67 bits per heavy atom. The second kappa shape index (κ2) is 9.45. The van der Waals surface area contributed by atoms with Gasteiger partial charge in [0.05, 0.1) is 23.9 Å². The fourth-order valence-electron chi connectivity index (χ4n) is 2.67. The van der Waals surface area contributed by atoms with Gasteiger partial charge in [0.25, 0.3) is 0 Å². The first-order valence-electron chi connectivity index (χ1n) is 9.15. The Hall–Kier alpha value is -3.33. The molecule has 0 saturated heterocycles. The maximum absolute atomic E-state index is 12.7. The number of rotatable bonds is 8. The maximum atomic E-state index is 12.7. The van der Waals surface area contributed by atoms with Crippen molar-refractivity contribution in [2.45, 2.75) is 18.7 Å². The van der Waals surface area contributed by atoms with Gasteiger partial charge in [-0.3, -0.25) is 4.79 Å². The Kier molecular flexibility index (Phi) is 6.73. The van der Waals surface area contributed by atoms with E-state index in [-0.39, 0.29) is 31.2 Å². The lowest BCUT2D eigenvalue weighted by molar-refractivity contribution is -0.137. The highest BCUT2D eigenvalue weighted by molar-refractivity contribution is 5.78. The number of aliphatic hydroxyl groups excluding tert-OH is 1. The van der Waals surface area contributed by atoms with E-state index in [2.05, 4.69) is 10.4 Å². The van der Waals surface area contributed by atoms with Gasteiger partial charge in [-0.1, -0.05) is 24.3 Å². The van der Waals surface area contributed by atoms with Crippen LogP contribution in [-0.4, -0.2) is 40.0 Å². The zero-order valence-corrected chi connectivity index (χ0v) is 15.8. The molecule has 1 amide bonds. The van der Waals surface area contributed by atoms with E-state index < -0.39 is 17.8 Å². The zero-order valence-electron chi connectivity index (χ0n) is 15.8. The average Bonchev–Trinajstić information content (AvgIpc) is 3.19. The van der Waals surface area contributed by atoms with Gasteiger partial charge in [0.2, 0.25) is 5.91 Å². The number of carbonyl (C=O) groups is 1. The maximum Gasteiger partial charge on any atom is 0.416 e. The highest BCUT2D eigenvalue weighted by Gasteiger charge is 2.30. The van der Waals surface area contributed by atoms with Gasteiger partial charge in [-0.25, -0.2) is 4.68 Å². The molecular weight excluding hydrogens is 399 g/mol. The van der Waals surface area contributed by atoms with Crippen molar-refractivity contribution >= 4 is 5.91 Å². The third-order valence-corrected chi connectivity index (χ3v) is 4.16. The predicted molar refractivity (Wildman–Crippen MR) is 103 cm³/mol. The Bertz CT molecular complexity index is 974. The first-order chi connectivity index (χ1) is 14.3. The van der Waals surface area contributed by atoms with Gasteiger partial charge in [0.15, 0.2) is 0 Å². The summed E-state index contributed by atoms with van der Waals surface area (Å²) in [4.78, 5) is 12.1. The van der Waals surface area contributed by atoms with Crippen LogP contribution in [0, 0.1) is 0 Å². The van der Waals surface area contributed by atoms with Crippen LogP contribution in [0.4, 0.5) is 13.2 Å². The Labute approximate surface area is 170 Å². The average molecular weight is 419 g/mol. The molecule has 2 N–H and O–H groups in total. The standard InChI is InChI=1S/C21H20F3N3O3/c22-21(23,24)16-5-4-8-19(10-16)30-14-18(28)12-25-20(29)9-15-11-26-27(13-15)17-6-2-1-3-7-17/h1-8,10-11,13,18,28H,9,12,14H2,(H,25,29). The minimum absolute atomic E-state index is 0.0106. The first kappa shape index (κ1) is 21.4. The number of aromatic nitrogens is 2. The van der Waals surface area contributed by atoms with Crippen LogP contribution < -0.4 is 10.1 Å². The monoisotopic (exact) mass is 419 g/mol. The number of ether oxygens (including phenoxy) is 1. The van der Waals surface area contributed by atoms with Crippen molar-refractivity contribution in [2.75, 3.05) is 13.2 Å². The highest BCUT2D eigenvalue weighted by Crippen LogP contribution is 2.31. The molecular formula is C21H20F3N3O3. The SMILES string of the molecule is O=C(Cc1cnn(-c2ccccc2)c1)NCC(O)COc1cccc(C(F)(F)F)c1. The van der Waals surface area contributed by atoms with Gasteiger partial charge in [-0.05, 0) is 35.9 Å². The number of amides is 1. The molecule has 1 aromatic heterocycles. The molecule has 6 nitrogen and oxygen atoms in total. The Morgan fingerprint density at radius 2 is 1.93 bits per heavy atom. The molecule has 158 valence electrons. The normalized spacial score (nSPS) is 12.4. The Morgan fingerprint density at radius 1 is 1.17 bits per heavy atom. The first-order valence-corrected chi connectivity index (χ1v) is 9.15. The molecule has 3 rings (SSSR count). The summed E-state index contributed by atoms with van der Waals surface area (Å²) >= 11 is 0. The van der Waals surface area contributed by atoms with Crippen LogP contribution in [0.5, 0.6) is 5.75 Å². The van der Waals surface area contributed by atoms with Gasteiger partial charge >= 0.3 is 6.18 Å². The van der Waals surface area contributed by atoms with Crippen LogP contribution in [0.1, 0.15) is 11.1 Å². The number of aliphatic hydroxyl groups is 1. The molecule has 2 aromatic carbocycles. The number of benzene rings is 2. The molecule has 1 heterocycles. The summed E-state index contributed by atoms with van der Waals surface area (Å²) in [5, 5.41) is 16.7. The molecule has 9 heteroatoms. The minimum atomic E-state index is -4.47. The number of alkyl halides is 3. The molecule has 0 spiro atoms. The fraction of sp³-hybridized carbons (Fsp3) is 0.238. The van der Waals surface area contributed by atoms with E-state index in [0.29, 0.717) is 5.56 Å². The second-order valence-electron chi connectivity index (χ2n) is 6.60. The summed E-state index contributed by atoms with van der Waals surface area (Å²) in [7, 11) is 0. The van der Waals surface area contributed by atoms with Crippen LogP contribution in [0.15, 0.2) is 67.0 Å². The van der Waals surface area contributed by atoms with E-state index in [4.69, 9.17) is 4.74 Å². The van der Waals surface area contributed by atoms with Crippen molar-refractivity contribution in [1.29, 1.82) is 0 Å². The van der Waals surface area contributed by atoms with Crippen LogP contribution in [0.25, 0.3) is 5.69 Å². The molecule has 0 radical (unpaired) electrons. The van der Waals surface area contributed by atoms with Crippen molar-refractivity contribution in [3.05, 3.63) is 78.1 Å². The summed E-state index contributed by atoms with van der Waals surface area (Å²) in [5.41, 5.74) is 0.733. The van der Waals surface area contributed by atoms with Crippen LogP contribution in [-0.2, 0) is 17.4 Å². The lowest BCUT2D eigenvalue weighted by Gasteiger charge is -2.14. The number of hydrogen-bond donors (Lipinski definition) is 2.